The number of hydrogen-bond donors (Lipinski definition) is 0. The Morgan fingerprint density at radius 1 is 1.19 bits per heavy atom. The minimum Gasteiger partial charge on any atom is -0.410 e. The van der Waals surface area contributed by atoms with Gasteiger partial charge < -0.3 is 9.47 Å². The summed E-state index contributed by atoms with van der Waals surface area (Å²) in [7, 11) is 0. The molecule has 0 spiro atoms. The summed E-state index contributed by atoms with van der Waals surface area (Å²) in [5.41, 5.74) is 3.01. The van der Waals surface area contributed by atoms with Crippen molar-refractivity contribution in [3.05, 3.63) is 54.1 Å². The molecule has 4 rings (SSSR count). The zero-order chi connectivity index (χ0) is 18.1. The van der Waals surface area contributed by atoms with Crippen LogP contribution in [0.2, 0.25) is 0 Å². The van der Waals surface area contributed by atoms with Crippen LogP contribution < -0.4 is 4.74 Å². The second kappa shape index (κ2) is 6.92. The molecule has 0 radical (unpaired) electrons. The van der Waals surface area contributed by atoms with E-state index in [0.29, 0.717) is 18.7 Å². The van der Waals surface area contributed by atoms with Crippen LogP contribution in [-0.4, -0.2) is 42.1 Å². The molecule has 2 atom stereocenters. The second-order valence-corrected chi connectivity index (χ2v) is 6.65. The van der Waals surface area contributed by atoms with Gasteiger partial charge in [-0.2, -0.15) is 0 Å². The molecule has 2 heterocycles. The van der Waals surface area contributed by atoms with Gasteiger partial charge in [0, 0.05) is 6.54 Å². The van der Waals surface area contributed by atoms with Gasteiger partial charge >= 0.3 is 6.09 Å². The van der Waals surface area contributed by atoms with E-state index in [9.17, 15) is 9.59 Å². The lowest BCUT2D eigenvalue weighted by Crippen LogP contribution is -2.43. The number of ether oxygens (including phenoxy) is 2. The summed E-state index contributed by atoms with van der Waals surface area (Å²) >= 11 is 0. The summed E-state index contributed by atoms with van der Waals surface area (Å²) in [4.78, 5) is 26.2. The maximum Gasteiger partial charge on any atom is 0.415 e. The van der Waals surface area contributed by atoms with Gasteiger partial charge in [0.1, 0.15) is 18.4 Å². The van der Waals surface area contributed by atoms with Crippen LogP contribution >= 0.6 is 0 Å². The Bertz CT molecular complexity index is 833. The monoisotopic (exact) mass is 351 g/mol. The SMILES string of the molecule is CCc1ccc(-c2ccccc2)cc1OC(=O)N1CC[C@H]2OCC(=O)[C@H]21. The fourth-order valence-electron chi connectivity index (χ4n) is 3.70. The van der Waals surface area contributed by atoms with Gasteiger partial charge in [0.2, 0.25) is 0 Å². The number of aryl methyl sites for hydroxylation is 1. The zero-order valence-electron chi connectivity index (χ0n) is 14.7. The largest absolute Gasteiger partial charge is 0.415 e. The Kier molecular flexibility index (Phi) is 4.47. The molecular formula is C21H21NO4. The molecule has 0 saturated carbocycles. The maximum absolute atomic E-state index is 12.7. The first kappa shape index (κ1) is 16.8. The molecule has 2 aliphatic rings. The molecule has 2 fully saturated rings. The summed E-state index contributed by atoms with van der Waals surface area (Å²) in [5, 5.41) is 0. The number of carbonyl (C=O) groups is 2. The van der Waals surface area contributed by atoms with Crippen LogP contribution in [0.15, 0.2) is 48.5 Å². The van der Waals surface area contributed by atoms with Gasteiger partial charge in [-0.1, -0.05) is 49.4 Å². The Hall–Kier alpha value is -2.66. The van der Waals surface area contributed by atoms with E-state index < -0.39 is 12.1 Å². The van der Waals surface area contributed by atoms with Gasteiger partial charge in [0.05, 0.1) is 6.10 Å². The van der Waals surface area contributed by atoms with Crippen molar-refractivity contribution in [1.29, 1.82) is 0 Å². The van der Waals surface area contributed by atoms with Crippen LogP contribution in [0.1, 0.15) is 18.9 Å². The van der Waals surface area contributed by atoms with Gasteiger partial charge in [0.15, 0.2) is 5.78 Å². The molecule has 0 N–H and O–H groups in total. The van der Waals surface area contributed by atoms with Crippen LogP contribution in [0.5, 0.6) is 5.75 Å². The number of fused-ring (bicyclic) bond motifs is 1. The fourth-order valence-corrected chi connectivity index (χ4v) is 3.70. The number of carbonyl (C=O) groups excluding carboxylic acids is 2. The summed E-state index contributed by atoms with van der Waals surface area (Å²) in [5.74, 6) is 0.506. The lowest BCUT2D eigenvalue weighted by atomic mass is 10.0. The average Bonchev–Trinajstić information content (AvgIpc) is 3.25. The van der Waals surface area contributed by atoms with Gasteiger partial charge in [-0.15, -0.1) is 0 Å². The van der Waals surface area contributed by atoms with Crippen molar-refractivity contribution >= 4 is 11.9 Å². The molecule has 5 heteroatoms. The van der Waals surface area contributed by atoms with Crippen molar-refractivity contribution in [3.63, 3.8) is 0 Å². The van der Waals surface area contributed by atoms with E-state index in [1.165, 1.54) is 4.90 Å². The minimum absolute atomic E-state index is 0.0433. The Morgan fingerprint density at radius 2 is 2.00 bits per heavy atom. The summed E-state index contributed by atoms with van der Waals surface area (Å²) in [6, 6.07) is 15.4. The van der Waals surface area contributed by atoms with E-state index >= 15 is 0 Å². The van der Waals surface area contributed by atoms with E-state index in [-0.39, 0.29) is 18.5 Å². The molecule has 0 unspecified atom stereocenters. The highest BCUT2D eigenvalue weighted by Crippen LogP contribution is 2.31. The third kappa shape index (κ3) is 2.99. The van der Waals surface area contributed by atoms with E-state index in [1.807, 2.05) is 55.5 Å². The number of ketones is 1. The standard InChI is InChI=1S/C21H21NO4/c1-2-14-8-9-16(15-6-4-3-5-7-15)12-19(14)26-21(24)22-11-10-18-20(22)17(23)13-25-18/h3-9,12,18,20H,2,10-11,13H2,1H3/t18-,20-/m1/s1. The Labute approximate surface area is 152 Å². The quantitative estimate of drug-likeness (QED) is 0.850. The van der Waals surface area contributed by atoms with Crippen molar-refractivity contribution < 1.29 is 19.1 Å². The van der Waals surface area contributed by atoms with E-state index in [1.54, 1.807) is 0 Å². The molecule has 0 aliphatic carbocycles. The first-order valence-corrected chi connectivity index (χ1v) is 8.98. The number of rotatable bonds is 3. The molecule has 2 aliphatic heterocycles. The lowest BCUT2D eigenvalue weighted by Gasteiger charge is -2.22. The summed E-state index contributed by atoms with van der Waals surface area (Å²) < 4.78 is 11.2. The lowest BCUT2D eigenvalue weighted by molar-refractivity contribution is -0.120. The molecule has 26 heavy (non-hydrogen) atoms. The van der Waals surface area contributed by atoms with E-state index in [2.05, 4.69) is 0 Å². The number of Topliss-reactive ketones (excluding diaryl/α,β-unsaturated/α-hetero) is 1. The molecule has 1 amide bonds. The molecule has 0 bridgehead atoms. The third-order valence-electron chi connectivity index (χ3n) is 5.10. The second-order valence-electron chi connectivity index (χ2n) is 6.65. The molecule has 2 aromatic carbocycles. The highest BCUT2D eigenvalue weighted by molar-refractivity contribution is 5.91. The molecular weight excluding hydrogens is 330 g/mol. The Morgan fingerprint density at radius 3 is 2.77 bits per heavy atom. The van der Waals surface area contributed by atoms with Gasteiger partial charge in [0.25, 0.3) is 0 Å². The van der Waals surface area contributed by atoms with E-state index in [0.717, 1.165) is 23.1 Å². The van der Waals surface area contributed by atoms with Crippen LogP contribution in [0.25, 0.3) is 11.1 Å². The average molecular weight is 351 g/mol. The predicted octanol–water partition coefficient (Wildman–Crippen LogP) is 3.46. The Balaban J connectivity index is 1.59. The topological polar surface area (TPSA) is 55.8 Å². The minimum atomic E-state index is -0.495. The van der Waals surface area contributed by atoms with Crippen molar-refractivity contribution in [2.75, 3.05) is 13.2 Å². The predicted molar refractivity (Wildman–Crippen MR) is 97.1 cm³/mol. The fraction of sp³-hybridized carbons (Fsp3) is 0.333. The number of hydrogen-bond acceptors (Lipinski definition) is 4. The number of amides is 1. The van der Waals surface area contributed by atoms with Crippen LogP contribution in [-0.2, 0) is 16.0 Å². The van der Waals surface area contributed by atoms with Crippen LogP contribution in [0, 0.1) is 0 Å². The first-order valence-electron chi connectivity index (χ1n) is 8.98. The van der Waals surface area contributed by atoms with Crippen molar-refractivity contribution in [3.8, 4) is 16.9 Å². The smallest absolute Gasteiger partial charge is 0.410 e. The van der Waals surface area contributed by atoms with Crippen molar-refractivity contribution in [1.82, 2.24) is 4.90 Å². The van der Waals surface area contributed by atoms with Gasteiger partial charge in [-0.3, -0.25) is 9.69 Å². The molecule has 5 nitrogen and oxygen atoms in total. The number of nitrogens with zero attached hydrogens (tertiary/aromatic N) is 1. The van der Waals surface area contributed by atoms with Crippen LogP contribution in [0.3, 0.4) is 0 Å². The molecule has 2 saturated heterocycles. The van der Waals surface area contributed by atoms with Gasteiger partial charge in [-0.05, 0) is 35.6 Å². The maximum atomic E-state index is 12.7. The van der Waals surface area contributed by atoms with Crippen molar-refractivity contribution in [2.24, 2.45) is 0 Å². The third-order valence-corrected chi connectivity index (χ3v) is 5.10. The number of likely N-dealkylation sites (tertiary alicyclic amines) is 1. The van der Waals surface area contributed by atoms with E-state index in [4.69, 9.17) is 9.47 Å². The number of benzene rings is 2. The van der Waals surface area contributed by atoms with Gasteiger partial charge in [-0.25, -0.2) is 4.79 Å². The molecule has 2 aromatic rings. The highest BCUT2D eigenvalue weighted by Gasteiger charge is 2.47. The van der Waals surface area contributed by atoms with Crippen LogP contribution in [0.4, 0.5) is 4.79 Å². The first-order chi connectivity index (χ1) is 12.7. The summed E-state index contributed by atoms with van der Waals surface area (Å²) in [6.07, 6.45) is 0.773. The van der Waals surface area contributed by atoms with Crippen molar-refractivity contribution in [2.45, 2.75) is 31.9 Å². The molecule has 134 valence electrons. The highest BCUT2D eigenvalue weighted by atomic mass is 16.6. The zero-order valence-corrected chi connectivity index (χ0v) is 14.7. The normalized spacial score (nSPS) is 21.7. The summed E-state index contributed by atoms with van der Waals surface area (Å²) in [6.45, 7) is 2.59. The molecule has 0 aromatic heterocycles.